The van der Waals surface area contributed by atoms with Crippen LogP contribution in [0.1, 0.15) is 32.6 Å². The first-order chi connectivity index (χ1) is 12.8. The van der Waals surface area contributed by atoms with Gasteiger partial charge in [0.2, 0.25) is 0 Å². The van der Waals surface area contributed by atoms with Gasteiger partial charge in [-0.15, -0.1) is 45.5 Å². The lowest BCUT2D eigenvalue weighted by molar-refractivity contribution is 0.462. The van der Waals surface area contributed by atoms with E-state index >= 15 is 0 Å². The number of anilines is 1. The van der Waals surface area contributed by atoms with Crippen LogP contribution >= 0.6 is 35.3 Å². The van der Waals surface area contributed by atoms with Gasteiger partial charge < -0.3 is 20.1 Å². The molecule has 7 nitrogen and oxygen atoms in total. The van der Waals surface area contributed by atoms with Crippen LogP contribution in [0.4, 0.5) is 5.00 Å². The minimum atomic E-state index is 0. The van der Waals surface area contributed by atoms with E-state index in [0.29, 0.717) is 6.04 Å². The summed E-state index contributed by atoms with van der Waals surface area (Å²) >= 11 is 1.83. The maximum absolute atomic E-state index is 4.74. The molecule has 1 aliphatic rings. The topological polar surface area (TPSA) is 70.4 Å². The molecule has 0 saturated carbocycles. The summed E-state index contributed by atoms with van der Waals surface area (Å²) in [6, 6.07) is 4.84. The van der Waals surface area contributed by atoms with E-state index in [-0.39, 0.29) is 24.0 Å². The van der Waals surface area contributed by atoms with Crippen molar-refractivity contribution in [1.29, 1.82) is 0 Å². The van der Waals surface area contributed by atoms with Crippen molar-refractivity contribution in [3.05, 3.63) is 30.2 Å². The maximum Gasteiger partial charge on any atom is 0.191 e. The molecular weight excluding hydrogens is 473 g/mol. The van der Waals surface area contributed by atoms with Gasteiger partial charge in [-0.1, -0.05) is 0 Å². The fourth-order valence-corrected chi connectivity index (χ4v) is 3.93. The number of rotatable bonds is 8. The third-order valence-electron chi connectivity index (χ3n) is 4.56. The molecule has 0 aliphatic carbocycles. The standard InChI is InChI=1S/C18H29N7S.HI/c1-2-19-18(20-9-3-4-10-24-14-21-22-15-24)23-16-7-11-25(12-8-16)17-6-5-13-26-17;/h5-6,13-16H,2-4,7-12H2,1H3,(H2,19,20,23);1H. The van der Waals surface area contributed by atoms with Gasteiger partial charge in [-0.3, -0.25) is 4.99 Å². The number of hydrogen-bond acceptors (Lipinski definition) is 5. The molecule has 0 spiro atoms. The molecule has 27 heavy (non-hydrogen) atoms. The third-order valence-corrected chi connectivity index (χ3v) is 5.49. The van der Waals surface area contributed by atoms with Crippen LogP contribution in [0.25, 0.3) is 0 Å². The van der Waals surface area contributed by atoms with Crippen LogP contribution in [-0.4, -0.2) is 52.9 Å². The van der Waals surface area contributed by atoms with E-state index in [0.717, 1.165) is 64.4 Å². The first-order valence-corrected chi connectivity index (χ1v) is 10.4. The fourth-order valence-electron chi connectivity index (χ4n) is 3.14. The van der Waals surface area contributed by atoms with E-state index in [9.17, 15) is 0 Å². The highest BCUT2D eigenvalue weighted by atomic mass is 127. The summed E-state index contributed by atoms with van der Waals surface area (Å²) in [7, 11) is 0. The summed E-state index contributed by atoms with van der Waals surface area (Å²) in [5, 5.41) is 18.2. The minimum absolute atomic E-state index is 0. The molecule has 1 aliphatic heterocycles. The molecule has 9 heteroatoms. The minimum Gasteiger partial charge on any atom is -0.363 e. The van der Waals surface area contributed by atoms with Crippen LogP contribution in [-0.2, 0) is 6.54 Å². The highest BCUT2D eigenvalue weighted by Crippen LogP contribution is 2.24. The maximum atomic E-state index is 4.74. The summed E-state index contributed by atoms with van der Waals surface area (Å²) in [5.74, 6) is 0.950. The molecule has 2 aromatic rings. The predicted molar refractivity (Wildman–Crippen MR) is 123 cm³/mol. The van der Waals surface area contributed by atoms with Gasteiger partial charge in [0.15, 0.2) is 5.96 Å². The van der Waals surface area contributed by atoms with Crippen molar-refractivity contribution in [2.24, 2.45) is 4.99 Å². The quantitative estimate of drug-likeness (QED) is 0.251. The Kier molecular flexibility index (Phi) is 9.89. The molecular formula is C18H30IN7S. The third kappa shape index (κ3) is 7.28. The SMILES string of the molecule is CCNC(=NCCCCn1cnnc1)NC1CCN(c2cccs2)CC1.I. The monoisotopic (exact) mass is 503 g/mol. The average molecular weight is 503 g/mol. The lowest BCUT2D eigenvalue weighted by atomic mass is 10.1. The van der Waals surface area contributed by atoms with E-state index < -0.39 is 0 Å². The Morgan fingerprint density at radius 1 is 1.26 bits per heavy atom. The number of aliphatic imine (C=N–C) groups is 1. The number of guanidine groups is 1. The number of nitrogens with zero attached hydrogens (tertiary/aromatic N) is 5. The molecule has 0 atom stereocenters. The Balaban J connectivity index is 0.00000261. The Hall–Kier alpha value is -1.36. The van der Waals surface area contributed by atoms with E-state index in [1.54, 1.807) is 12.7 Å². The van der Waals surface area contributed by atoms with Gasteiger partial charge in [0.1, 0.15) is 12.7 Å². The Bertz CT molecular complexity index is 637. The summed E-state index contributed by atoms with van der Waals surface area (Å²) < 4.78 is 2.01. The number of thiophene rings is 1. The second kappa shape index (κ2) is 12.2. The number of unbranched alkanes of at least 4 members (excludes halogenated alkanes) is 1. The summed E-state index contributed by atoms with van der Waals surface area (Å²) in [4.78, 5) is 7.22. The zero-order valence-corrected chi connectivity index (χ0v) is 19.0. The van der Waals surface area contributed by atoms with Gasteiger partial charge in [0, 0.05) is 38.8 Å². The molecule has 3 rings (SSSR count). The van der Waals surface area contributed by atoms with Crippen molar-refractivity contribution in [1.82, 2.24) is 25.4 Å². The zero-order valence-electron chi connectivity index (χ0n) is 15.9. The molecule has 1 saturated heterocycles. The number of piperidine rings is 1. The van der Waals surface area contributed by atoms with Gasteiger partial charge in [0.25, 0.3) is 0 Å². The lowest BCUT2D eigenvalue weighted by Crippen LogP contribution is -2.48. The number of nitrogens with one attached hydrogen (secondary N) is 2. The molecule has 0 amide bonds. The Labute approximate surface area is 182 Å². The van der Waals surface area contributed by atoms with Gasteiger partial charge in [-0.2, -0.15) is 0 Å². The van der Waals surface area contributed by atoms with Gasteiger partial charge in [-0.25, -0.2) is 0 Å². The first-order valence-electron chi connectivity index (χ1n) is 9.51. The van der Waals surface area contributed by atoms with Gasteiger partial charge >= 0.3 is 0 Å². The second-order valence-corrected chi connectivity index (χ2v) is 7.45. The molecule has 0 aromatic carbocycles. The largest absolute Gasteiger partial charge is 0.363 e. The average Bonchev–Trinajstić information content (AvgIpc) is 3.36. The van der Waals surface area contributed by atoms with Gasteiger partial charge in [0.05, 0.1) is 5.00 Å². The highest BCUT2D eigenvalue weighted by molar-refractivity contribution is 14.0. The smallest absolute Gasteiger partial charge is 0.191 e. The molecule has 0 bridgehead atoms. The van der Waals surface area contributed by atoms with Crippen molar-refractivity contribution in [2.45, 2.75) is 45.2 Å². The summed E-state index contributed by atoms with van der Waals surface area (Å²) in [6.45, 7) is 7.01. The zero-order chi connectivity index (χ0) is 18.0. The molecule has 150 valence electrons. The summed E-state index contributed by atoms with van der Waals surface area (Å²) in [6.07, 6.45) is 7.96. The van der Waals surface area contributed by atoms with Crippen LogP contribution in [0.3, 0.4) is 0 Å². The molecule has 1 fully saturated rings. The van der Waals surface area contributed by atoms with Crippen molar-refractivity contribution >= 4 is 46.3 Å². The van der Waals surface area contributed by atoms with Crippen molar-refractivity contribution in [3.63, 3.8) is 0 Å². The van der Waals surface area contributed by atoms with E-state index in [1.807, 2.05) is 15.9 Å². The number of aromatic nitrogens is 3. The normalized spacial score (nSPS) is 15.4. The molecule has 0 radical (unpaired) electrons. The number of aryl methyl sites for hydroxylation is 1. The molecule has 0 unspecified atom stereocenters. The Morgan fingerprint density at radius 2 is 2.04 bits per heavy atom. The van der Waals surface area contributed by atoms with Gasteiger partial charge in [-0.05, 0) is 50.1 Å². The lowest BCUT2D eigenvalue weighted by Gasteiger charge is -2.33. The highest BCUT2D eigenvalue weighted by Gasteiger charge is 2.20. The number of hydrogen-bond donors (Lipinski definition) is 2. The van der Waals surface area contributed by atoms with Crippen LogP contribution < -0.4 is 15.5 Å². The van der Waals surface area contributed by atoms with E-state index in [1.165, 1.54) is 5.00 Å². The predicted octanol–water partition coefficient (Wildman–Crippen LogP) is 2.96. The molecule has 2 aromatic heterocycles. The van der Waals surface area contributed by atoms with Crippen molar-refractivity contribution in [2.75, 3.05) is 31.1 Å². The van der Waals surface area contributed by atoms with Crippen molar-refractivity contribution < 1.29 is 0 Å². The van der Waals surface area contributed by atoms with Crippen LogP contribution in [0.5, 0.6) is 0 Å². The van der Waals surface area contributed by atoms with Crippen LogP contribution in [0.2, 0.25) is 0 Å². The van der Waals surface area contributed by atoms with E-state index in [2.05, 4.69) is 50.2 Å². The molecule has 2 N–H and O–H groups in total. The summed E-state index contributed by atoms with van der Waals surface area (Å²) in [5.41, 5.74) is 0. The van der Waals surface area contributed by atoms with Crippen LogP contribution in [0, 0.1) is 0 Å². The fraction of sp³-hybridized carbons (Fsp3) is 0.611. The van der Waals surface area contributed by atoms with Crippen molar-refractivity contribution in [3.8, 4) is 0 Å². The van der Waals surface area contributed by atoms with Crippen LogP contribution in [0.15, 0.2) is 35.2 Å². The Morgan fingerprint density at radius 3 is 2.70 bits per heavy atom. The number of halogens is 1. The first kappa shape index (κ1) is 21.9. The molecule has 3 heterocycles. The second-order valence-electron chi connectivity index (χ2n) is 6.52. The van der Waals surface area contributed by atoms with E-state index in [4.69, 9.17) is 4.99 Å².